The van der Waals surface area contributed by atoms with Gasteiger partial charge in [-0.1, -0.05) is 0 Å². The third kappa shape index (κ3) is 8.02. The van der Waals surface area contributed by atoms with Crippen LogP contribution in [-0.4, -0.2) is 36.3 Å². The van der Waals surface area contributed by atoms with Crippen molar-refractivity contribution in [3.63, 3.8) is 0 Å². The van der Waals surface area contributed by atoms with Gasteiger partial charge >= 0.3 is 23.1 Å². The Morgan fingerprint density at radius 3 is 1.27 bits per heavy atom. The van der Waals surface area contributed by atoms with Crippen LogP contribution in [0.5, 0.6) is 11.5 Å². The average molecular weight is 261 g/mol. The molecule has 0 atom stereocenters. The summed E-state index contributed by atoms with van der Waals surface area (Å²) in [6.45, 7) is 5.34. The molecule has 0 spiro atoms. The van der Waals surface area contributed by atoms with Crippen LogP contribution in [0.3, 0.4) is 0 Å². The van der Waals surface area contributed by atoms with Gasteiger partial charge in [0.05, 0.1) is 13.2 Å². The van der Waals surface area contributed by atoms with Crippen molar-refractivity contribution < 1.29 is 34.3 Å². The number of ether oxygens (including phenoxy) is 2. The summed E-state index contributed by atoms with van der Waals surface area (Å²) in [6.07, 6.45) is 0. The third-order valence-corrected chi connectivity index (χ3v) is 1.45. The summed E-state index contributed by atoms with van der Waals surface area (Å²) in [6, 6.07) is 7.64. The average Bonchev–Trinajstić information content (AvgIpc) is 2.09. The van der Waals surface area contributed by atoms with Crippen LogP contribution in [0, 0.1) is 0 Å². The minimum Gasteiger partial charge on any atom is -1.00 e. The first-order chi connectivity index (χ1) is 5.86. The van der Waals surface area contributed by atoms with Crippen molar-refractivity contribution in [1.82, 2.24) is 0 Å². The molecule has 0 aliphatic rings. The number of rotatable bonds is 4. The molecule has 1 rings (SSSR count). The van der Waals surface area contributed by atoms with Crippen LogP contribution < -0.4 is 34.3 Å². The van der Waals surface area contributed by atoms with Gasteiger partial charge in [-0.25, -0.2) is 0 Å². The summed E-state index contributed by atoms with van der Waals surface area (Å²) in [5.74, 6) is 1.78. The van der Waals surface area contributed by atoms with Gasteiger partial charge in [0, 0.05) is 0 Å². The summed E-state index contributed by atoms with van der Waals surface area (Å²) in [5, 5.41) is 0. The van der Waals surface area contributed by atoms with E-state index in [4.69, 9.17) is 9.47 Å². The van der Waals surface area contributed by atoms with Crippen LogP contribution >= 0.6 is 0 Å². The zero-order valence-corrected chi connectivity index (χ0v) is 11.9. The van der Waals surface area contributed by atoms with Crippen LogP contribution in [0.25, 0.3) is 0 Å². The Kier molecular flexibility index (Phi) is 16.8. The Morgan fingerprint density at radius 2 is 1.07 bits per heavy atom. The fourth-order valence-corrected chi connectivity index (χ4v) is 0.965. The van der Waals surface area contributed by atoms with E-state index in [1.165, 1.54) is 0 Å². The molecule has 0 aliphatic carbocycles. The maximum atomic E-state index is 5.28. The largest absolute Gasteiger partial charge is 2.00 e. The Labute approximate surface area is 120 Å². The summed E-state index contributed by atoms with van der Waals surface area (Å²) in [7, 11) is 0. The normalized spacial score (nSPS) is 7.60. The van der Waals surface area contributed by atoms with Crippen molar-refractivity contribution in [2.45, 2.75) is 13.8 Å². The molecule has 0 saturated heterocycles. The van der Waals surface area contributed by atoms with Crippen LogP contribution in [-0.2, 0) is 0 Å². The first-order valence-electron chi connectivity index (χ1n) is 4.22. The molecule has 5 heteroatoms. The van der Waals surface area contributed by atoms with Gasteiger partial charge in [0.2, 0.25) is 0 Å². The molecule has 0 unspecified atom stereocenters. The van der Waals surface area contributed by atoms with E-state index >= 15 is 0 Å². The van der Waals surface area contributed by atoms with Crippen molar-refractivity contribution >= 4 is 23.1 Å². The molecule has 82 valence electrons. The molecular weight excluding hydrogens is 247 g/mol. The molecule has 0 N–H and O–H groups in total. The molecule has 0 amide bonds. The maximum Gasteiger partial charge on any atom is 2.00 e. The Bertz CT molecular complexity index is 204. The summed E-state index contributed by atoms with van der Waals surface area (Å²) < 4.78 is 10.6. The van der Waals surface area contributed by atoms with E-state index in [9.17, 15) is 0 Å². The van der Waals surface area contributed by atoms with Crippen LogP contribution in [0.15, 0.2) is 24.3 Å². The zero-order valence-electron chi connectivity index (χ0n) is 9.00. The molecule has 0 saturated carbocycles. The second-order valence-electron chi connectivity index (χ2n) is 2.34. The first-order valence-corrected chi connectivity index (χ1v) is 4.22. The van der Waals surface area contributed by atoms with Crippen molar-refractivity contribution in [3.8, 4) is 11.5 Å². The van der Waals surface area contributed by atoms with Gasteiger partial charge in [0.25, 0.3) is 0 Å². The molecule has 0 heterocycles. The second-order valence-corrected chi connectivity index (χ2v) is 2.34. The molecule has 0 bridgehead atoms. The third-order valence-electron chi connectivity index (χ3n) is 1.45. The minimum atomic E-state index is 0. The van der Waals surface area contributed by atoms with Crippen LogP contribution in [0.4, 0.5) is 0 Å². The number of hydrogen-bond acceptors (Lipinski definition) is 2. The summed E-state index contributed by atoms with van der Waals surface area (Å²) >= 11 is 0. The monoisotopic (exact) mass is 260 g/mol. The van der Waals surface area contributed by atoms with Gasteiger partial charge < -0.3 is 34.3 Å². The standard InChI is InChI=1S/C10H14O2.2ClH.Mg/c1-3-11-9-5-7-10(8-6-9)12-4-2;;;/h5-8H,3-4H2,1-2H3;2*1H;/q;;;+2/p-2. The van der Waals surface area contributed by atoms with E-state index in [2.05, 4.69) is 0 Å². The number of hydrogen-bond donors (Lipinski definition) is 0. The van der Waals surface area contributed by atoms with Gasteiger partial charge in [-0.3, -0.25) is 0 Å². The molecule has 0 radical (unpaired) electrons. The van der Waals surface area contributed by atoms with Crippen LogP contribution in [0.1, 0.15) is 13.8 Å². The van der Waals surface area contributed by atoms with Gasteiger partial charge in [-0.05, 0) is 38.1 Å². The summed E-state index contributed by atoms with van der Waals surface area (Å²) in [5.41, 5.74) is 0. The molecule has 1 aromatic rings. The molecule has 0 aliphatic heterocycles. The minimum absolute atomic E-state index is 0. The molecule has 0 aromatic heterocycles. The number of halogens is 2. The van der Waals surface area contributed by atoms with E-state index in [1.807, 2.05) is 38.1 Å². The molecule has 15 heavy (non-hydrogen) atoms. The SMILES string of the molecule is CCOc1ccc(OCC)cc1.[Cl-].[Cl-].[Mg+2]. The second kappa shape index (κ2) is 12.2. The van der Waals surface area contributed by atoms with Crippen molar-refractivity contribution in [1.29, 1.82) is 0 Å². The Morgan fingerprint density at radius 1 is 0.800 bits per heavy atom. The molecule has 2 nitrogen and oxygen atoms in total. The first kappa shape index (κ1) is 20.6. The summed E-state index contributed by atoms with van der Waals surface area (Å²) in [4.78, 5) is 0. The van der Waals surface area contributed by atoms with Gasteiger partial charge in [-0.2, -0.15) is 0 Å². The number of benzene rings is 1. The van der Waals surface area contributed by atoms with E-state index in [0.29, 0.717) is 13.2 Å². The van der Waals surface area contributed by atoms with Crippen molar-refractivity contribution in [2.75, 3.05) is 13.2 Å². The van der Waals surface area contributed by atoms with Crippen molar-refractivity contribution in [3.05, 3.63) is 24.3 Å². The van der Waals surface area contributed by atoms with Gasteiger partial charge in [-0.15, -0.1) is 0 Å². The Hall–Kier alpha value is 0.166. The van der Waals surface area contributed by atoms with E-state index in [0.717, 1.165) is 11.5 Å². The van der Waals surface area contributed by atoms with E-state index < -0.39 is 0 Å². The fourth-order valence-electron chi connectivity index (χ4n) is 0.965. The van der Waals surface area contributed by atoms with Crippen molar-refractivity contribution in [2.24, 2.45) is 0 Å². The Balaban J connectivity index is -0.000000480. The maximum absolute atomic E-state index is 5.28. The van der Waals surface area contributed by atoms with Gasteiger partial charge in [0.15, 0.2) is 0 Å². The predicted molar refractivity (Wildman–Crippen MR) is 54.5 cm³/mol. The molecule has 0 fully saturated rings. The smallest absolute Gasteiger partial charge is 1.00 e. The molecule has 1 aromatic carbocycles. The van der Waals surface area contributed by atoms with Crippen LogP contribution in [0.2, 0.25) is 0 Å². The van der Waals surface area contributed by atoms with E-state index in [1.54, 1.807) is 0 Å². The van der Waals surface area contributed by atoms with E-state index in [-0.39, 0.29) is 47.9 Å². The topological polar surface area (TPSA) is 18.5 Å². The quantitative estimate of drug-likeness (QED) is 0.516. The van der Waals surface area contributed by atoms with Gasteiger partial charge in [0.1, 0.15) is 11.5 Å². The zero-order chi connectivity index (χ0) is 8.81. The fraction of sp³-hybridized carbons (Fsp3) is 0.400. The molecular formula is C10H14Cl2MgO2. The predicted octanol–water partition coefficient (Wildman–Crippen LogP) is -3.89.